The van der Waals surface area contributed by atoms with E-state index in [9.17, 15) is 10.1 Å². The number of nitrogens with zero attached hydrogens (tertiary/aromatic N) is 2. The highest BCUT2D eigenvalue weighted by molar-refractivity contribution is 9.10. The molecule has 1 aromatic heterocycles. The number of thiazole rings is 1. The number of benzene rings is 2. The normalized spacial score (nSPS) is 11.7. The number of hydrogen-bond donors (Lipinski definition) is 0. The summed E-state index contributed by atoms with van der Waals surface area (Å²) in [5, 5.41) is 11.9. The molecule has 6 heteroatoms. The highest BCUT2D eigenvalue weighted by Crippen LogP contribution is 2.30. The first kappa shape index (κ1) is 17.9. The van der Waals surface area contributed by atoms with Crippen LogP contribution in [0.3, 0.4) is 0 Å². The zero-order valence-electron chi connectivity index (χ0n) is 13.1. The quantitative estimate of drug-likeness (QED) is 0.483. The number of rotatable bonds is 6. The van der Waals surface area contributed by atoms with Crippen LogP contribution < -0.4 is 0 Å². The standard InChI is InChI=1S/C19H13BrN2OS2/c20-15-8-4-5-9-18(15)24-12-17(23)14(10-21)19-22-16(11-25-19)13-6-2-1-3-7-13/h1-9,11,14H,12H2/t14-/m0/s1. The van der Waals surface area contributed by atoms with Gasteiger partial charge in [0.25, 0.3) is 0 Å². The van der Waals surface area contributed by atoms with Gasteiger partial charge in [-0.3, -0.25) is 4.79 Å². The molecule has 2 aromatic carbocycles. The van der Waals surface area contributed by atoms with Crippen molar-refractivity contribution >= 4 is 44.8 Å². The zero-order valence-corrected chi connectivity index (χ0v) is 16.3. The van der Waals surface area contributed by atoms with Crippen molar-refractivity contribution in [1.29, 1.82) is 5.26 Å². The number of hydrogen-bond acceptors (Lipinski definition) is 5. The molecule has 0 radical (unpaired) electrons. The number of nitriles is 1. The van der Waals surface area contributed by atoms with E-state index in [1.807, 2.05) is 60.0 Å². The topological polar surface area (TPSA) is 53.8 Å². The van der Waals surface area contributed by atoms with Crippen molar-refractivity contribution in [3.8, 4) is 17.3 Å². The molecule has 0 saturated heterocycles. The van der Waals surface area contributed by atoms with Crippen molar-refractivity contribution in [2.75, 3.05) is 5.75 Å². The van der Waals surface area contributed by atoms with E-state index in [1.54, 1.807) is 0 Å². The van der Waals surface area contributed by atoms with Gasteiger partial charge in [0.15, 0.2) is 11.7 Å². The van der Waals surface area contributed by atoms with E-state index in [0.717, 1.165) is 20.6 Å². The third kappa shape index (κ3) is 4.37. The Labute approximate surface area is 162 Å². The first-order valence-corrected chi connectivity index (χ1v) is 10.2. The van der Waals surface area contributed by atoms with Gasteiger partial charge < -0.3 is 0 Å². The Bertz CT molecular complexity index is 918. The molecule has 0 saturated carbocycles. The average Bonchev–Trinajstić information content (AvgIpc) is 3.12. The molecular formula is C19H13BrN2OS2. The van der Waals surface area contributed by atoms with Gasteiger partial charge in [-0.15, -0.1) is 23.1 Å². The molecule has 0 unspecified atom stereocenters. The van der Waals surface area contributed by atoms with Gasteiger partial charge >= 0.3 is 0 Å². The van der Waals surface area contributed by atoms with Crippen molar-refractivity contribution in [3.63, 3.8) is 0 Å². The lowest BCUT2D eigenvalue weighted by molar-refractivity contribution is -0.116. The second-order valence-corrected chi connectivity index (χ2v) is 7.95. The summed E-state index contributed by atoms with van der Waals surface area (Å²) >= 11 is 6.25. The Kier molecular flexibility index (Phi) is 6.03. The molecule has 0 aliphatic rings. The van der Waals surface area contributed by atoms with Crippen molar-refractivity contribution in [2.45, 2.75) is 10.8 Å². The monoisotopic (exact) mass is 428 g/mol. The fourth-order valence-electron chi connectivity index (χ4n) is 2.22. The molecule has 0 aliphatic carbocycles. The lowest BCUT2D eigenvalue weighted by Crippen LogP contribution is -2.13. The number of carbonyl (C=O) groups excluding carboxylic acids is 1. The van der Waals surface area contributed by atoms with Crippen LogP contribution in [0.25, 0.3) is 11.3 Å². The zero-order chi connectivity index (χ0) is 17.6. The summed E-state index contributed by atoms with van der Waals surface area (Å²) in [5.41, 5.74) is 1.78. The van der Waals surface area contributed by atoms with Gasteiger partial charge in [-0.1, -0.05) is 42.5 Å². The smallest absolute Gasteiger partial charge is 0.167 e. The van der Waals surface area contributed by atoms with Gasteiger partial charge in [0.05, 0.1) is 17.5 Å². The van der Waals surface area contributed by atoms with Crippen LogP contribution in [-0.4, -0.2) is 16.5 Å². The first-order valence-electron chi connectivity index (χ1n) is 7.49. The Morgan fingerprint density at radius 3 is 2.64 bits per heavy atom. The molecule has 25 heavy (non-hydrogen) atoms. The summed E-state index contributed by atoms with van der Waals surface area (Å²) < 4.78 is 0.946. The fraction of sp³-hybridized carbons (Fsp3) is 0.105. The average molecular weight is 429 g/mol. The van der Waals surface area contributed by atoms with Gasteiger partial charge in [0.1, 0.15) is 5.01 Å². The summed E-state index contributed by atoms with van der Waals surface area (Å²) in [6.45, 7) is 0. The van der Waals surface area contributed by atoms with Gasteiger partial charge in [0.2, 0.25) is 0 Å². The van der Waals surface area contributed by atoms with Crippen molar-refractivity contribution in [1.82, 2.24) is 4.98 Å². The number of carbonyl (C=O) groups is 1. The van der Waals surface area contributed by atoms with Gasteiger partial charge in [-0.05, 0) is 28.1 Å². The summed E-state index contributed by atoms with van der Waals surface area (Å²) in [7, 11) is 0. The third-order valence-electron chi connectivity index (χ3n) is 3.50. The summed E-state index contributed by atoms with van der Waals surface area (Å²) in [4.78, 5) is 18.0. The molecule has 0 amide bonds. The molecule has 0 spiro atoms. The summed E-state index contributed by atoms with van der Waals surface area (Å²) in [6.07, 6.45) is 0. The van der Waals surface area contributed by atoms with Gasteiger partial charge in [-0.25, -0.2) is 4.98 Å². The van der Waals surface area contributed by atoms with Crippen molar-refractivity contribution in [2.24, 2.45) is 0 Å². The summed E-state index contributed by atoms with van der Waals surface area (Å²) in [6, 6.07) is 19.6. The first-order chi connectivity index (χ1) is 12.2. The Balaban J connectivity index is 1.72. The second-order valence-electron chi connectivity index (χ2n) is 5.18. The number of halogens is 1. The van der Waals surface area contributed by atoms with E-state index in [-0.39, 0.29) is 11.5 Å². The summed E-state index contributed by atoms with van der Waals surface area (Å²) in [5.74, 6) is -0.712. The molecule has 1 heterocycles. The highest BCUT2D eigenvalue weighted by Gasteiger charge is 2.24. The minimum Gasteiger partial charge on any atom is -0.297 e. The predicted octanol–water partition coefficient (Wildman–Crippen LogP) is 5.54. The predicted molar refractivity (Wildman–Crippen MR) is 106 cm³/mol. The molecule has 3 aromatic rings. The van der Waals surface area contributed by atoms with Crippen LogP contribution in [0.15, 0.2) is 69.3 Å². The lowest BCUT2D eigenvalue weighted by atomic mass is 10.1. The fourth-order valence-corrected chi connectivity index (χ4v) is 4.59. The van der Waals surface area contributed by atoms with Crippen LogP contribution in [0, 0.1) is 11.3 Å². The molecule has 3 nitrogen and oxygen atoms in total. The molecular weight excluding hydrogens is 416 g/mol. The maximum absolute atomic E-state index is 12.5. The Morgan fingerprint density at radius 2 is 1.92 bits per heavy atom. The SMILES string of the molecule is N#C[C@@H](C(=O)CSc1ccccc1Br)c1nc(-c2ccccc2)cs1. The Morgan fingerprint density at radius 1 is 1.20 bits per heavy atom. The van der Waals surface area contributed by atoms with Crippen LogP contribution in [0.1, 0.15) is 10.9 Å². The molecule has 124 valence electrons. The Hall–Kier alpha value is -1.94. The molecule has 0 bridgehead atoms. The lowest BCUT2D eigenvalue weighted by Gasteiger charge is -2.06. The van der Waals surface area contributed by atoms with Gasteiger partial charge in [-0.2, -0.15) is 5.26 Å². The number of ketones is 1. The van der Waals surface area contributed by atoms with Crippen LogP contribution in [0.2, 0.25) is 0 Å². The number of aromatic nitrogens is 1. The van der Waals surface area contributed by atoms with E-state index in [2.05, 4.69) is 27.0 Å². The number of thioether (sulfide) groups is 1. The van der Waals surface area contributed by atoms with Gasteiger partial charge in [0, 0.05) is 20.3 Å². The highest BCUT2D eigenvalue weighted by atomic mass is 79.9. The molecule has 3 rings (SSSR count). The van der Waals surface area contributed by atoms with Crippen molar-refractivity contribution < 1.29 is 4.79 Å². The third-order valence-corrected chi connectivity index (χ3v) is 6.46. The second kappa shape index (κ2) is 8.43. The van der Waals surface area contributed by atoms with Crippen LogP contribution in [-0.2, 0) is 4.79 Å². The maximum Gasteiger partial charge on any atom is 0.167 e. The molecule has 0 fully saturated rings. The largest absolute Gasteiger partial charge is 0.297 e. The minimum absolute atomic E-state index is 0.128. The van der Waals surface area contributed by atoms with E-state index in [0.29, 0.717) is 5.01 Å². The molecule has 1 atom stereocenters. The van der Waals surface area contributed by atoms with E-state index >= 15 is 0 Å². The van der Waals surface area contributed by atoms with E-state index in [4.69, 9.17) is 0 Å². The molecule has 0 N–H and O–H groups in total. The van der Waals surface area contributed by atoms with Crippen molar-refractivity contribution in [3.05, 3.63) is 69.5 Å². The van der Waals surface area contributed by atoms with Crippen LogP contribution in [0.4, 0.5) is 0 Å². The maximum atomic E-state index is 12.5. The van der Waals surface area contributed by atoms with E-state index in [1.165, 1.54) is 23.1 Å². The number of Topliss-reactive ketones (excluding diaryl/α,β-unsaturated/α-hetero) is 1. The van der Waals surface area contributed by atoms with Crippen LogP contribution in [0.5, 0.6) is 0 Å². The minimum atomic E-state index is -0.822. The molecule has 0 aliphatic heterocycles. The van der Waals surface area contributed by atoms with E-state index < -0.39 is 5.92 Å². The van der Waals surface area contributed by atoms with Crippen LogP contribution >= 0.6 is 39.0 Å².